The van der Waals surface area contributed by atoms with E-state index in [1.54, 1.807) is 18.2 Å². The van der Waals surface area contributed by atoms with Gasteiger partial charge in [-0.1, -0.05) is 0 Å². The Morgan fingerprint density at radius 2 is 2.05 bits per heavy atom. The lowest BCUT2D eigenvalue weighted by Crippen LogP contribution is -2.08. The van der Waals surface area contributed by atoms with Crippen molar-refractivity contribution in [3.05, 3.63) is 42.2 Å². The predicted octanol–water partition coefficient (Wildman–Crippen LogP) is 1.82. The molecule has 4 rings (SSSR count). The molecule has 2 aromatic heterocycles. The molecule has 1 aliphatic heterocycles. The fourth-order valence-corrected chi connectivity index (χ4v) is 2.27. The number of benzene rings is 1. The molecule has 0 atom stereocenters. The van der Waals surface area contributed by atoms with Crippen LogP contribution in [0.3, 0.4) is 0 Å². The number of aromatic carboxylic acids is 1. The maximum absolute atomic E-state index is 11.4. The van der Waals surface area contributed by atoms with Crippen LogP contribution in [0.4, 0.5) is 0 Å². The van der Waals surface area contributed by atoms with E-state index in [9.17, 15) is 9.90 Å². The number of rotatable bonds is 2. The van der Waals surface area contributed by atoms with Crippen molar-refractivity contribution in [1.29, 1.82) is 0 Å². The zero-order valence-corrected chi connectivity index (χ0v) is 10.7. The van der Waals surface area contributed by atoms with Gasteiger partial charge in [-0.25, -0.2) is 14.3 Å². The largest absolute Gasteiger partial charge is 0.477 e. The Morgan fingerprint density at radius 1 is 1.19 bits per heavy atom. The standard InChI is InChI=1S/C14H9N3O4/c18-14(19)10-6-9(16-13-3-4-15-17(10)13)8-1-2-11-12(5-8)21-7-20-11/h1-6H,7H2,(H,18,19). The van der Waals surface area contributed by atoms with Crippen molar-refractivity contribution in [2.45, 2.75) is 0 Å². The number of fused-ring (bicyclic) bond motifs is 2. The molecule has 0 amide bonds. The molecule has 104 valence electrons. The summed E-state index contributed by atoms with van der Waals surface area (Å²) in [6, 6.07) is 8.51. The summed E-state index contributed by atoms with van der Waals surface area (Å²) in [4.78, 5) is 15.8. The number of carboxylic acids is 1. The second-order valence-electron chi connectivity index (χ2n) is 4.50. The normalized spacial score (nSPS) is 12.8. The van der Waals surface area contributed by atoms with Crippen LogP contribution < -0.4 is 9.47 Å². The van der Waals surface area contributed by atoms with Crippen molar-refractivity contribution in [2.24, 2.45) is 0 Å². The molecule has 1 aliphatic rings. The fraction of sp³-hybridized carbons (Fsp3) is 0.0714. The maximum Gasteiger partial charge on any atom is 0.354 e. The van der Waals surface area contributed by atoms with Crippen LogP contribution in [0, 0.1) is 0 Å². The first kappa shape index (κ1) is 11.7. The van der Waals surface area contributed by atoms with Gasteiger partial charge in [0.25, 0.3) is 0 Å². The number of ether oxygens (including phenoxy) is 2. The van der Waals surface area contributed by atoms with Gasteiger partial charge >= 0.3 is 5.97 Å². The molecule has 0 bridgehead atoms. The Morgan fingerprint density at radius 3 is 2.90 bits per heavy atom. The second kappa shape index (κ2) is 4.20. The van der Waals surface area contributed by atoms with Gasteiger partial charge in [-0.2, -0.15) is 5.10 Å². The summed E-state index contributed by atoms with van der Waals surface area (Å²) in [7, 11) is 0. The molecule has 0 saturated carbocycles. The highest BCUT2D eigenvalue weighted by atomic mass is 16.7. The van der Waals surface area contributed by atoms with E-state index < -0.39 is 5.97 Å². The van der Waals surface area contributed by atoms with Crippen molar-refractivity contribution in [3.8, 4) is 22.8 Å². The first-order chi connectivity index (χ1) is 10.2. The highest BCUT2D eigenvalue weighted by molar-refractivity contribution is 5.88. The molecule has 21 heavy (non-hydrogen) atoms. The van der Waals surface area contributed by atoms with E-state index in [-0.39, 0.29) is 12.5 Å². The predicted molar refractivity (Wildman–Crippen MR) is 71.5 cm³/mol. The van der Waals surface area contributed by atoms with E-state index >= 15 is 0 Å². The molecule has 0 unspecified atom stereocenters. The SMILES string of the molecule is O=C(O)c1cc(-c2ccc3c(c2)OCO3)nc2ccnn12. The maximum atomic E-state index is 11.4. The number of hydrogen-bond acceptors (Lipinski definition) is 5. The minimum Gasteiger partial charge on any atom is -0.477 e. The average Bonchev–Trinajstić information content (AvgIpc) is 3.13. The van der Waals surface area contributed by atoms with Gasteiger partial charge in [0.05, 0.1) is 11.9 Å². The molecule has 7 nitrogen and oxygen atoms in total. The fourth-order valence-electron chi connectivity index (χ4n) is 2.27. The quantitative estimate of drug-likeness (QED) is 0.772. The summed E-state index contributed by atoms with van der Waals surface area (Å²) in [5, 5.41) is 13.3. The molecule has 0 aliphatic carbocycles. The Bertz CT molecular complexity index is 872. The van der Waals surface area contributed by atoms with E-state index in [0.717, 1.165) is 5.56 Å². The lowest BCUT2D eigenvalue weighted by molar-refractivity contribution is 0.0687. The Hall–Kier alpha value is -3.09. The molecular weight excluding hydrogens is 274 g/mol. The lowest BCUT2D eigenvalue weighted by atomic mass is 10.1. The molecule has 0 saturated heterocycles. The van der Waals surface area contributed by atoms with Gasteiger partial charge in [0.1, 0.15) is 0 Å². The number of carboxylic acid groups (broad SMARTS) is 1. The molecule has 7 heteroatoms. The summed E-state index contributed by atoms with van der Waals surface area (Å²) < 4.78 is 11.9. The van der Waals surface area contributed by atoms with Gasteiger partial charge in [0.15, 0.2) is 22.8 Å². The summed E-state index contributed by atoms with van der Waals surface area (Å²) in [5.41, 5.74) is 1.82. The molecule has 3 aromatic rings. The van der Waals surface area contributed by atoms with Gasteiger partial charge in [-0.15, -0.1) is 0 Å². The van der Waals surface area contributed by atoms with Gasteiger partial charge < -0.3 is 14.6 Å². The summed E-state index contributed by atoms with van der Waals surface area (Å²) in [6.07, 6.45) is 1.51. The van der Waals surface area contributed by atoms with E-state index in [0.29, 0.717) is 22.8 Å². The van der Waals surface area contributed by atoms with E-state index in [4.69, 9.17) is 9.47 Å². The minimum atomic E-state index is -1.06. The highest BCUT2D eigenvalue weighted by Crippen LogP contribution is 2.35. The van der Waals surface area contributed by atoms with Crippen LogP contribution >= 0.6 is 0 Å². The Balaban J connectivity index is 1.92. The van der Waals surface area contributed by atoms with E-state index in [1.165, 1.54) is 16.8 Å². The molecule has 0 fully saturated rings. The van der Waals surface area contributed by atoms with Crippen molar-refractivity contribution in [3.63, 3.8) is 0 Å². The third-order valence-corrected chi connectivity index (χ3v) is 3.25. The van der Waals surface area contributed by atoms with E-state index in [1.807, 2.05) is 6.07 Å². The van der Waals surface area contributed by atoms with Crippen molar-refractivity contribution < 1.29 is 19.4 Å². The van der Waals surface area contributed by atoms with Crippen LogP contribution in [-0.4, -0.2) is 32.5 Å². The zero-order valence-electron chi connectivity index (χ0n) is 10.7. The van der Waals surface area contributed by atoms with Gasteiger partial charge in [-0.3, -0.25) is 0 Å². The van der Waals surface area contributed by atoms with Crippen LogP contribution in [0.2, 0.25) is 0 Å². The van der Waals surface area contributed by atoms with E-state index in [2.05, 4.69) is 10.1 Å². The molecule has 3 heterocycles. The van der Waals surface area contributed by atoms with Crippen LogP contribution in [0.1, 0.15) is 10.5 Å². The average molecular weight is 283 g/mol. The number of nitrogens with zero attached hydrogens (tertiary/aromatic N) is 3. The topological polar surface area (TPSA) is 86.0 Å². The third-order valence-electron chi connectivity index (χ3n) is 3.25. The third kappa shape index (κ3) is 1.78. The summed E-state index contributed by atoms with van der Waals surface area (Å²) in [6.45, 7) is 0.189. The molecular formula is C14H9N3O4. The number of aromatic nitrogens is 3. The van der Waals surface area contributed by atoms with Crippen LogP contribution in [0.25, 0.3) is 16.9 Å². The lowest BCUT2D eigenvalue weighted by Gasteiger charge is -2.06. The van der Waals surface area contributed by atoms with Crippen molar-refractivity contribution in [2.75, 3.05) is 6.79 Å². The van der Waals surface area contributed by atoms with Crippen molar-refractivity contribution in [1.82, 2.24) is 14.6 Å². The Kier molecular flexibility index (Phi) is 2.34. The van der Waals surface area contributed by atoms with Gasteiger partial charge in [0.2, 0.25) is 6.79 Å². The van der Waals surface area contributed by atoms with Crippen LogP contribution in [-0.2, 0) is 0 Å². The highest BCUT2D eigenvalue weighted by Gasteiger charge is 2.17. The summed E-state index contributed by atoms with van der Waals surface area (Å²) >= 11 is 0. The monoisotopic (exact) mass is 283 g/mol. The molecule has 0 radical (unpaired) electrons. The molecule has 1 aromatic carbocycles. The summed E-state index contributed by atoms with van der Waals surface area (Å²) in [5.74, 6) is 0.232. The Labute approximate surface area is 118 Å². The van der Waals surface area contributed by atoms with Crippen LogP contribution in [0.15, 0.2) is 36.5 Å². The smallest absolute Gasteiger partial charge is 0.354 e. The first-order valence-corrected chi connectivity index (χ1v) is 6.20. The molecule has 0 spiro atoms. The minimum absolute atomic E-state index is 0.0534. The number of hydrogen-bond donors (Lipinski definition) is 1. The first-order valence-electron chi connectivity index (χ1n) is 6.20. The zero-order chi connectivity index (χ0) is 14.4. The van der Waals surface area contributed by atoms with Gasteiger partial charge in [0, 0.05) is 11.6 Å². The van der Waals surface area contributed by atoms with Crippen molar-refractivity contribution >= 4 is 11.6 Å². The second-order valence-corrected chi connectivity index (χ2v) is 4.50. The number of carbonyl (C=O) groups is 1. The van der Waals surface area contributed by atoms with Gasteiger partial charge in [-0.05, 0) is 24.3 Å². The molecule has 1 N–H and O–H groups in total. The van der Waals surface area contributed by atoms with Crippen LogP contribution in [0.5, 0.6) is 11.5 Å².